The molecular weight excluding hydrogens is 565 g/mol. The van der Waals surface area contributed by atoms with Crippen molar-refractivity contribution in [3.8, 4) is 39.9 Å². The number of pyridine rings is 1. The maximum absolute atomic E-state index is 6.44. The lowest BCUT2D eigenvalue weighted by Crippen LogP contribution is -1.98. The van der Waals surface area contributed by atoms with Gasteiger partial charge in [0.25, 0.3) is 0 Å². The molecule has 6 nitrogen and oxygen atoms in total. The lowest BCUT2D eigenvalue weighted by atomic mass is 9.98. The average molecular weight is 597 g/mol. The van der Waals surface area contributed by atoms with Gasteiger partial charge in [-0.2, -0.15) is 5.10 Å². The van der Waals surface area contributed by atoms with Crippen LogP contribution in [0.4, 0.5) is 0 Å². The Kier molecular flexibility index (Phi) is 7.32. The van der Waals surface area contributed by atoms with E-state index in [2.05, 4.69) is 79.0 Å². The topological polar surface area (TPSA) is 54.1 Å². The third-order valence-corrected chi connectivity index (χ3v) is 8.69. The number of hydrogen-bond donors (Lipinski definition) is 0. The minimum Gasteiger partial charge on any atom is -0.497 e. The Morgan fingerprint density at radius 1 is 0.773 bits per heavy atom. The molecule has 0 fully saturated rings. The van der Waals surface area contributed by atoms with Crippen LogP contribution in [0.1, 0.15) is 18.1 Å². The van der Waals surface area contributed by atoms with Crippen molar-refractivity contribution >= 4 is 33.6 Å². The molecule has 0 aliphatic carbocycles. The van der Waals surface area contributed by atoms with Crippen molar-refractivity contribution in [3.05, 3.63) is 121 Å². The van der Waals surface area contributed by atoms with Gasteiger partial charge in [-0.05, 0) is 84.8 Å². The molecule has 4 aromatic carbocycles. The number of fused-ring (bicyclic) bond motifs is 3. The summed E-state index contributed by atoms with van der Waals surface area (Å²) in [4.78, 5) is 5.97. The van der Waals surface area contributed by atoms with Gasteiger partial charge in [-0.1, -0.05) is 31.2 Å². The number of hydrogen-bond acceptors (Lipinski definition) is 5. The third kappa shape index (κ3) is 5.09. The van der Waals surface area contributed by atoms with Crippen molar-refractivity contribution in [2.75, 3.05) is 12.9 Å². The molecule has 0 aliphatic heterocycles. The second kappa shape index (κ2) is 11.6. The summed E-state index contributed by atoms with van der Waals surface area (Å²) in [6.07, 6.45) is 5.80. The molecule has 0 saturated carbocycles. The monoisotopic (exact) mass is 596 g/mol. The molecule has 0 atom stereocenters. The molecule has 7 heteroatoms. The highest BCUT2D eigenvalue weighted by atomic mass is 32.2. The Labute approximate surface area is 260 Å². The van der Waals surface area contributed by atoms with Gasteiger partial charge in [0.15, 0.2) is 0 Å². The fraction of sp³-hybridized carbons (Fsp3) is 0.135. The number of rotatable bonds is 8. The second-order valence-electron chi connectivity index (χ2n) is 10.7. The predicted molar refractivity (Wildman–Crippen MR) is 180 cm³/mol. The van der Waals surface area contributed by atoms with E-state index in [1.165, 1.54) is 21.6 Å². The fourth-order valence-electron chi connectivity index (χ4n) is 5.96. The Bertz CT molecular complexity index is 2120. The van der Waals surface area contributed by atoms with E-state index >= 15 is 0 Å². The van der Waals surface area contributed by atoms with Crippen molar-refractivity contribution in [1.29, 1.82) is 0 Å². The molecule has 218 valence electrons. The standard InChI is InChI=1S/C37H32N4O2S/c1-5-44-31-17-24(2)37(25(3)18-31)26-22-39-40(23-26)27-9-8-10-29(19-27)43-30-13-14-33-32-11-6-7-12-34(32)41(35(33)20-30)36-21-28(42-4)15-16-38-36/h6-23H,5H2,1-4H3. The molecule has 0 bridgehead atoms. The minimum atomic E-state index is 0.731. The van der Waals surface area contributed by atoms with Gasteiger partial charge in [0.1, 0.15) is 23.1 Å². The maximum Gasteiger partial charge on any atom is 0.141 e. The first-order valence-electron chi connectivity index (χ1n) is 14.6. The molecule has 7 aromatic rings. The van der Waals surface area contributed by atoms with E-state index in [4.69, 9.17) is 14.6 Å². The molecule has 0 amide bonds. The van der Waals surface area contributed by atoms with Gasteiger partial charge in [-0.3, -0.25) is 4.57 Å². The summed E-state index contributed by atoms with van der Waals surface area (Å²) >= 11 is 1.87. The molecule has 7 rings (SSSR count). The number of para-hydroxylation sites is 1. The van der Waals surface area contributed by atoms with Gasteiger partial charge in [-0.25, -0.2) is 9.67 Å². The van der Waals surface area contributed by atoms with Crippen LogP contribution < -0.4 is 9.47 Å². The van der Waals surface area contributed by atoms with Crippen LogP contribution >= 0.6 is 11.8 Å². The number of aryl methyl sites for hydroxylation is 2. The highest BCUT2D eigenvalue weighted by molar-refractivity contribution is 7.99. The van der Waals surface area contributed by atoms with E-state index in [-0.39, 0.29) is 0 Å². The van der Waals surface area contributed by atoms with Crippen LogP contribution in [0.2, 0.25) is 0 Å². The van der Waals surface area contributed by atoms with Gasteiger partial charge in [0.2, 0.25) is 0 Å². The van der Waals surface area contributed by atoms with Gasteiger partial charge in [0, 0.05) is 51.8 Å². The van der Waals surface area contributed by atoms with Crippen molar-refractivity contribution in [1.82, 2.24) is 19.3 Å². The van der Waals surface area contributed by atoms with E-state index in [0.29, 0.717) is 0 Å². The molecule has 3 heterocycles. The summed E-state index contributed by atoms with van der Waals surface area (Å²) in [5.74, 6) is 4.07. The quantitative estimate of drug-likeness (QED) is 0.164. The minimum absolute atomic E-state index is 0.731. The van der Waals surface area contributed by atoms with Gasteiger partial charge < -0.3 is 9.47 Å². The Morgan fingerprint density at radius 3 is 2.39 bits per heavy atom. The lowest BCUT2D eigenvalue weighted by Gasteiger charge is -2.11. The molecule has 0 unspecified atom stereocenters. The smallest absolute Gasteiger partial charge is 0.141 e. The van der Waals surface area contributed by atoms with Crippen LogP contribution in [-0.4, -0.2) is 32.2 Å². The normalized spacial score (nSPS) is 11.4. The number of aromatic nitrogens is 4. The van der Waals surface area contributed by atoms with Gasteiger partial charge in [-0.15, -0.1) is 11.8 Å². The fourth-order valence-corrected chi connectivity index (χ4v) is 6.81. The average Bonchev–Trinajstić information content (AvgIpc) is 3.64. The number of benzene rings is 4. The number of thioether (sulfide) groups is 1. The number of nitrogens with zero attached hydrogens (tertiary/aromatic N) is 4. The van der Waals surface area contributed by atoms with Gasteiger partial charge in [0.05, 0.1) is 30.0 Å². The largest absolute Gasteiger partial charge is 0.497 e. The van der Waals surface area contributed by atoms with Crippen LogP contribution in [0.3, 0.4) is 0 Å². The molecule has 3 aromatic heterocycles. The van der Waals surface area contributed by atoms with E-state index in [9.17, 15) is 0 Å². The zero-order valence-electron chi connectivity index (χ0n) is 25.1. The van der Waals surface area contributed by atoms with Crippen LogP contribution in [-0.2, 0) is 0 Å². The second-order valence-corrected chi connectivity index (χ2v) is 12.1. The highest BCUT2D eigenvalue weighted by Crippen LogP contribution is 2.36. The molecule has 0 N–H and O–H groups in total. The predicted octanol–water partition coefficient (Wildman–Crippen LogP) is 9.56. The van der Waals surface area contributed by atoms with Crippen LogP contribution in [0.5, 0.6) is 17.2 Å². The van der Waals surface area contributed by atoms with Crippen molar-refractivity contribution < 1.29 is 9.47 Å². The first kappa shape index (κ1) is 27.8. The van der Waals surface area contributed by atoms with E-state index < -0.39 is 0 Å². The summed E-state index contributed by atoms with van der Waals surface area (Å²) < 4.78 is 16.0. The van der Waals surface area contributed by atoms with Gasteiger partial charge >= 0.3 is 0 Å². The lowest BCUT2D eigenvalue weighted by molar-refractivity contribution is 0.414. The van der Waals surface area contributed by atoms with E-state index in [1.54, 1.807) is 13.3 Å². The zero-order chi connectivity index (χ0) is 30.2. The van der Waals surface area contributed by atoms with Crippen molar-refractivity contribution in [2.45, 2.75) is 25.7 Å². The third-order valence-electron chi connectivity index (χ3n) is 7.83. The van der Waals surface area contributed by atoms with Crippen LogP contribution in [0, 0.1) is 13.8 Å². The molecule has 0 spiro atoms. The Balaban J connectivity index is 1.22. The Morgan fingerprint density at radius 2 is 1.57 bits per heavy atom. The van der Waals surface area contributed by atoms with Crippen LogP contribution in [0.15, 0.2) is 114 Å². The van der Waals surface area contributed by atoms with Crippen molar-refractivity contribution in [3.63, 3.8) is 0 Å². The maximum atomic E-state index is 6.44. The summed E-state index contributed by atoms with van der Waals surface area (Å²) in [6, 6.07) is 30.9. The molecular formula is C37H32N4O2S. The molecule has 0 saturated heterocycles. The molecule has 44 heavy (non-hydrogen) atoms. The zero-order valence-corrected chi connectivity index (χ0v) is 25.9. The van der Waals surface area contributed by atoms with Crippen LogP contribution in [0.25, 0.3) is 44.4 Å². The summed E-state index contributed by atoms with van der Waals surface area (Å²) in [5.41, 5.74) is 7.86. The molecule has 0 aliphatic rings. The van der Waals surface area contributed by atoms with E-state index in [0.717, 1.165) is 61.9 Å². The summed E-state index contributed by atoms with van der Waals surface area (Å²) in [5, 5.41) is 6.99. The number of ether oxygens (including phenoxy) is 2. The van der Waals surface area contributed by atoms with E-state index in [1.807, 2.05) is 71.2 Å². The number of methoxy groups -OCH3 is 1. The highest BCUT2D eigenvalue weighted by Gasteiger charge is 2.15. The summed E-state index contributed by atoms with van der Waals surface area (Å²) in [6.45, 7) is 6.53. The molecule has 0 radical (unpaired) electrons. The SMILES string of the molecule is CCSc1cc(C)c(-c2cnn(-c3cccc(Oc4ccc5c6ccccc6n(-c6cc(OC)ccn6)c5c4)c3)c2)c(C)c1. The first-order valence-corrected chi connectivity index (χ1v) is 15.6. The first-order chi connectivity index (χ1) is 21.5. The Hall–Kier alpha value is -5.01. The summed E-state index contributed by atoms with van der Waals surface area (Å²) in [7, 11) is 1.67. The van der Waals surface area contributed by atoms with Crippen molar-refractivity contribution in [2.24, 2.45) is 0 Å².